The molecule has 0 aliphatic heterocycles. The summed E-state index contributed by atoms with van der Waals surface area (Å²) in [5.41, 5.74) is 12.9. The molecular weight excluding hydrogens is 671 g/mol. The second kappa shape index (κ2) is 13.7. The maximum absolute atomic E-state index is 2.40. The van der Waals surface area contributed by atoms with Gasteiger partial charge in [0.1, 0.15) is 0 Å². The van der Waals surface area contributed by atoms with Crippen LogP contribution in [0.5, 0.6) is 0 Å². The van der Waals surface area contributed by atoms with E-state index in [1.807, 2.05) is 11.3 Å². The number of hydrogen-bond acceptors (Lipinski definition) is 2. The molecule has 2 heteroatoms. The van der Waals surface area contributed by atoms with E-state index < -0.39 is 0 Å². The van der Waals surface area contributed by atoms with Gasteiger partial charge in [0.15, 0.2) is 0 Å². The lowest BCUT2D eigenvalue weighted by atomic mass is 9.96. The first-order chi connectivity index (χ1) is 26.7. The smallest absolute Gasteiger partial charge is 0.0540 e. The van der Waals surface area contributed by atoms with Crippen molar-refractivity contribution in [1.29, 1.82) is 0 Å². The minimum Gasteiger partial charge on any atom is -0.310 e. The average Bonchev–Trinajstić information content (AvgIpc) is 3.61. The molecule has 0 atom stereocenters. The van der Waals surface area contributed by atoms with E-state index in [9.17, 15) is 0 Å². The highest BCUT2D eigenvalue weighted by Gasteiger charge is 2.19. The molecule has 10 rings (SSSR count). The summed E-state index contributed by atoms with van der Waals surface area (Å²) in [5, 5.41) is 5.21. The minimum absolute atomic E-state index is 1.10. The molecule has 0 saturated heterocycles. The molecule has 0 bridgehead atoms. The standard InChI is InChI=1S/C52H35NS/c1-4-12-36(13-5-1)38-20-26-45(27-21-38)53(50-30-24-43(37-14-6-2-7-15-37)32-47(50)40-16-8-3-9-17-40)46-28-22-39(23-29-46)44-25-31-51-48(34-44)49-33-41-18-10-11-19-42(41)35-52(49)54-51/h1-35H. The Labute approximate surface area is 319 Å². The molecule has 0 saturated carbocycles. The van der Waals surface area contributed by atoms with Gasteiger partial charge in [-0.25, -0.2) is 0 Å². The summed E-state index contributed by atoms with van der Waals surface area (Å²) in [6, 6.07) is 77.1. The van der Waals surface area contributed by atoms with Crippen molar-refractivity contribution in [3.8, 4) is 44.5 Å². The molecule has 1 nitrogen and oxygen atoms in total. The summed E-state index contributed by atoms with van der Waals surface area (Å²) in [6.45, 7) is 0. The van der Waals surface area contributed by atoms with Gasteiger partial charge in [-0.3, -0.25) is 0 Å². The van der Waals surface area contributed by atoms with Crippen LogP contribution in [-0.2, 0) is 0 Å². The van der Waals surface area contributed by atoms with Gasteiger partial charge in [0.05, 0.1) is 5.69 Å². The highest BCUT2D eigenvalue weighted by atomic mass is 32.1. The Morgan fingerprint density at radius 3 is 1.37 bits per heavy atom. The number of thiophene rings is 1. The fraction of sp³-hybridized carbons (Fsp3) is 0. The van der Waals surface area contributed by atoms with E-state index in [0.717, 1.165) is 17.1 Å². The summed E-state index contributed by atoms with van der Waals surface area (Å²) in [4.78, 5) is 2.40. The fourth-order valence-corrected chi connectivity index (χ4v) is 8.81. The monoisotopic (exact) mass is 705 g/mol. The van der Waals surface area contributed by atoms with Gasteiger partial charge in [-0.15, -0.1) is 11.3 Å². The third-order valence-electron chi connectivity index (χ3n) is 10.5. The first-order valence-electron chi connectivity index (χ1n) is 18.4. The lowest BCUT2D eigenvalue weighted by molar-refractivity contribution is 1.28. The molecule has 10 aromatic rings. The van der Waals surface area contributed by atoms with Crippen LogP contribution in [0.2, 0.25) is 0 Å². The molecular formula is C52H35NS. The summed E-state index contributed by atoms with van der Waals surface area (Å²) in [5.74, 6) is 0. The largest absolute Gasteiger partial charge is 0.310 e. The maximum atomic E-state index is 2.40. The number of anilines is 3. The third kappa shape index (κ3) is 5.93. The molecule has 0 spiro atoms. The van der Waals surface area contributed by atoms with Crippen LogP contribution in [0, 0.1) is 0 Å². The van der Waals surface area contributed by atoms with Crippen LogP contribution in [0.4, 0.5) is 17.1 Å². The molecule has 9 aromatic carbocycles. The van der Waals surface area contributed by atoms with Gasteiger partial charge < -0.3 is 4.90 Å². The van der Waals surface area contributed by atoms with Gasteiger partial charge in [0.2, 0.25) is 0 Å². The van der Waals surface area contributed by atoms with Crippen molar-refractivity contribution < 1.29 is 0 Å². The molecule has 0 aliphatic rings. The highest BCUT2D eigenvalue weighted by Crippen LogP contribution is 2.44. The molecule has 0 amide bonds. The van der Waals surface area contributed by atoms with Crippen molar-refractivity contribution in [2.75, 3.05) is 4.90 Å². The second-order valence-electron chi connectivity index (χ2n) is 13.8. The van der Waals surface area contributed by atoms with Gasteiger partial charge in [0.25, 0.3) is 0 Å². The summed E-state index contributed by atoms with van der Waals surface area (Å²) in [7, 11) is 0. The Kier molecular flexibility index (Phi) is 8.09. The molecule has 0 aliphatic carbocycles. The van der Waals surface area contributed by atoms with E-state index >= 15 is 0 Å². The Morgan fingerprint density at radius 2 is 0.741 bits per heavy atom. The SMILES string of the molecule is c1ccc(-c2ccc(N(c3ccc(-c4ccc5sc6cc7ccccc7cc6c5c4)cc3)c3ccc(-c4ccccc4)cc3-c3ccccc3)cc2)cc1. The molecule has 254 valence electrons. The topological polar surface area (TPSA) is 3.24 Å². The van der Waals surface area contributed by atoms with Gasteiger partial charge in [-0.2, -0.15) is 0 Å². The number of rotatable bonds is 7. The molecule has 0 N–H and O–H groups in total. The fourth-order valence-electron chi connectivity index (χ4n) is 7.70. The zero-order valence-corrected chi connectivity index (χ0v) is 30.4. The summed E-state index contributed by atoms with van der Waals surface area (Å²) in [6.07, 6.45) is 0. The number of benzene rings is 9. The van der Waals surface area contributed by atoms with Crippen LogP contribution >= 0.6 is 11.3 Å². The predicted octanol–water partition coefficient (Wildman–Crippen LogP) is 15.3. The van der Waals surface area contributed by atoms with Crippen LogP contribution in [0.25, 0.3) is 75.5 Å². The van der Waals surface area contributed by atoms with E-state index in [1.54, 1.807) is 0 Å². The van der Waals surface area contributed by atoms with Crippen LogP contribution in [0.1, 0.15) is 0 Å². The Bertz CT molecular complexity index is 2890. The van der Waals surface area contributed by atoms with Crippen molar-refractivity contribution in [1.82, 2.24) is 0 Å². The van der Waals surface area contributed by atoms with E-state index in [0.29, 0.717) is 0 Å². The molecule has 1 aromatic heterocycles. The predicted molar refractivity (Wildman–Crippen MR) is 233 cm³/mol. The van der Waals surface area contributed by atoms with Gasteiger partial charge >= 0.3 is 0 Å². The molecule has 1 heterocycles. The van der Waals surface area contributed by atoms with E-state index in [1.165, 1.54) is 75.5 Å². The van der Waals surface area contributed by atoms with Crippen LogP contribution in [-0.4, -0.2) is 0 Å². The second-order valence-corrected chi connectivity index (χ2v) is 14.9. The third-order valence-corrected chi connectivity index (χ3v) is 11.6. The van der Waals surface area contributed by atoms with Crippen molar-refractivity contribution in [2.24, 2.45) is 0 Å². The van der Waals surface area contributed by atoms with Gasteiger partial charge in [-0.05, 0) is 110 Å². The Hall–Kier alpha value is -6.74. The van der Waals surface area contributed by atoms with Crippen LogP contribution in [0.3, 0.4) is 0 Å². The van der Waals surface area contributed by atoms with E-state index in [-0.39, 0.29) is 0 Å². The first kappa shape index (κ1) is 32.0. The average molecular weight is 706 g/mol. The molecule has 0 unspecified atom stereocenters. The maximum Gasteiger partial charge on any atom is 0.0540 e. The zero-order chi connectivity index (χ0) is 35.8. The zero-order valence-electron chi connectivity index (χ0n) is 29.6. The quantitative estimate of drug-likeness (QED) is 0.160. The molecule has 0 fully saturated rings. The van der Waals surface area contributed by atoms with Gasteiger partial charge in [-0.1, -0.05) is 152 Å². The van der Waals surface area contributed by atoms with Crippen LogP contribution in [0.15, 0.2) is 212 Å². The Morgan fingerprint density at radius 1 is 0.296 bits per heavy atom. The normalized spacial score (nSPS) is 11.3. The van der Waals surface area contributed by atoms with Gasteiger partial charge in [0, 0.05) is 37.1 Å². The highest BCUT2D eigenvalue weighted by molar-refractivity contribution is 7.25. The number of hydrogen-bond donors (Lipinski definition) is 0. The number of nitrogens with zero attached hydrogens (tertiary/aromatic N) is 1. The van der Waals surface area contributed by atoms with Crippen molar-refractivity contribution >= 4 is 59.3 Å². The van der Waals surface area contributed by atoms with E-state index in [4.69, 9.17) is 0 Å². The molecule has 54 heavy (non-hydrogen) atoms. The number of fused-ring (bicyclic) bond motifs is 4. The van der Waals surface area contributed by atoms with Crippen molar-refractivity contribution in [3.05, 3.63) is 212 Å². The van der Waals surface area contributed by atoms with Crippen LogP contribution < -0.4 is 4.90 Å². The first-order valence-corrected chi connectivity index (χ1v) is 19.2. The minimum atomic E-state index is 1.10. The summed E-state index contributed by atoms with van der Waals surface area (Å²) >= 11 is 1.87. The van der Waals surface area contributed by atoms with Crippen molar-refractivity contribution in [3.63, 3.8) is 0 Å². The summed E-state index contributed by atoms with van der Waals surface area (Å²) < 4.78 is 2.65. The van der Waals surface area contributed by atoms with Crippen molar-refractivity contribution in [2.45, 2.75) is 0 Å². The lowest BCUT2D eigenvalue weighted by Crippen LogP contribution is -2.11. The lowest BCUT2D eigenvalue weighted by Gasteiger charge is -2.29. The molecule has 0 radical (unpaired) electrons. The Balaban J connectivity index is 1.10. The van der Waals surface area contributed by atoms with E-state index in [2.05, 4.69) is 217 Å².